The summed E-state index contributed by atoms with van der Waals surface area (Å²) >= 11 is 0. The number of benzene rings is 2. The Bertz CT molecular complexity index is 963. The second kappa shape index (κ2) is 8.45. The maximum Gasteiger partial charge on any atom is 0.321 e. The molecule has 2 rings (SSSR count). The quantitative estimate of drug-likeness (QED) is 0.581. The number of ketones is 1. The van der Waals surface area contributed by atoms with E-state index >= 15 is 0 Å². The van der Waals surface area contributed by atoms with E-state index in [0.29, 0.717) is 5.56 Å². The highest BCUT2D eigenvalue weighted by Crippen LogP contribution is 2.16. The molecule has 0 fully saturated rings. The van der Waals surface area contributed by atoms with Gasteiger partial charge < -0.3 is 4.74 Å². The maximum absolute atomic E-state index is 12.3. The lowest BCUT2D eigenvalue weighted by atomic mass is 9.98. The van der Waals surface area contributed by atoms with Gasteiger partial charge in [0.15, 0.2) is 6.61 Å². The van der Waals surface area contributed by atoms with Crippen LogP contribution in [0.15, 0.2) is 41.3 Å². The van der Waals surface area contributed by atoms with Gasteiger partial charge in [-0.2, -0.15) is 4.72 Å². The van der Waals surface area contributed by atoms with E-state index in [1.54, 1.807) is 18.2 Å². The van der Waals surface area contributed by atoms with E-state index < -0.39 is 29.1 Å². The summed E-state index contributed by atoms with van der Waals surface area (Å²) in [7, 11) is -3.82. The van der Waals surface area contributed by atoms with Gasteiger partial charge >= 0.3 is 5.97 Å². The lowest BCUT2D eigenvalue weighted by Gasteiger charge is -2.10. The molecule has 0 bridgehead atoms. The van der Waals surface area contributed by atoms with Crippen LogP contribution in [0.5, 0.6) is 0 Å². The first-order chi connectivity index (χ1) is 12.6. The summed E-state index contributed by atoms with van der Waals surface area (Å²) in [5.74, 6) is -1.15. The smallest absolute Gasteiger partial charge is 0.321 e. The fourth-order valence-electron chi connectivity index (χ4n) is 2.49. The van der Waals surface area contributed by atoms with Gasteiger partial charge in [0.2, 0.25) is 15.8 Å². The van der Waals surface area contributed by atoms with Crippen LogP contribution in [0.25, 0.3) is 0 Å². The minimum Gasteiger partial charge on any atom is -0.456 e. The molecular formula is C20H23NO5S. The van der Waals surface area contributed by atoms with Crippen molar-refractivity contribution in [2.45, 2.75) is 32.6 Å². The third-order valence-electron chi connectivity index (χ3n) is 4.24. The Morgan fingerprint density at radius 2 is 1.52 bits per heavy atom. The lowest BCUT2D eigenvalue weighted by molar-refractivity contribution is -0.141. The topological polar surface area (TPSA) is 89.5 Å². The van der Waals surface area contributed by atoms with Crippen molar-refractivity contribution in [3.63, 3.8) is 0 Å². The second-order valence-corrected chi connectivity index (χ2v) is 8.24. The van der Waals surface area contributed by atoms with Crippen molar-refractivity contribution in [3.8, 4) is 0 Å². The minimum atomic E-state index is -3.82. The van der Waals surface area contributed by atoms with Crippen LogP contribution in [0.1, 0.15) is 32.6 Å². The Kier molecular flexibility index (Phi) is 6.51. The first-order valence-electron chi connectivity index (χ1n) is 8.43. The van der Waals surface area contributed by atoms with Gasteiger partial charge in [-0.05, 0) is 62.6 Å². The molecule has 0 saturated heterocycles. The molecule has 0 saturated carbocycles. The lowest BCUT2D eigenvalue weighted by Crippen LogP contribution is -2.31. The zero-order valence-corrected chi connectivity index (χ0v) is 16.6. The van der Waals surface area contributed by atoms with Crippen LogP contribution >= 0.6 is 0 Å². The van der Waals surface area contributed by atoms with Gasteiger partial charge in [0.05, 0.1) is 4.90 Å². The van der Waals surface area contributed by atoms with Gasteiger partial charge in [-0.3, -0.25) is 9.59 Å². The van der Waals surface area contributed by atoms with Gasteiger partial charge in [0.1, 0.15) is 6.54 Å². The summed E-state index contributed by atoms with van der Waals surface area (Å²) in [6, 6.07) is 9.90. The minimum absolute atomic E-state index is 0.0581. The van der Waals surface area contributed by atoms with Crippen molar-refractivity contribution in [2.75, 3.05) is 13.2 Å². The number of Topliss-reactive ketones (excluding diaryl/α,β-unsaturated/α-hetero) is 1. The van der Waals surface area contributed by atoms with E-state index in [2.05, 4.69) is 4.72 Å². The largest absolute Gasteiger partial charge is 0.456 e. The predicted octanol–water partition coefficient (Wildman–Crippen LogP) is 2.62. The molecule has 0 atom stereocenters. The molecule has 0 aliphatic carbocycles. The van der Waals surface area contributed by atoms with E-state index in [0.717, 1.165) is 22.3 Å². The van der Waals surface area contributed by atoms with Crippen LogP contribution in [0.2, 0.25) is 0 Å². The molecule has 0 aliphatic rings. The first kappa shape index (κ1) is 20.8. The summed E-state index contributed by atoms with van der Waals surface area (Å²) in [6.45, 7) is 6.53. The summed E-state index contributed by atoms with van der Waals surface area (Å²) in [6.07, 6.45) is 0. The molecule has 27 heavy (non-hydrogen) atoms. The number of hydrogen-bond acceptors (Lipinski definition) is 5. The van der Waals surface area contributed by atoms with Crippen molar-refractivity contribution in [2.24, 2.45) is 0 Å². The van der Waals surface area contributed by atoms with Crippen molar-refractivity contribution >= 4 is 21.8 Å². The SMILES string of the molecule is Cc1ccc(S(=O)(=O)NCC(=O)OCC(=O)c2cc(C)c(C)cc2C)cc1. The third-order valence-corrected chi connectivity index (χ3v) is 5.66. The average molecular weight is 389 g/mol. The molecule has 0 spiro atoms. The number of ether oxygens (including phenoxy) is 1. The standard InChI is InChI=1S/C20H23NO5S/c1-13-5-7-17(8-6-13)27(24,25)21-11-20(23)26-12-19(22)18-10-15(3)14(2)9-16(18)4/h5-10,21H,11-12H2,1-4H3. The number of aryl methyl sites for hydroxylation is 4. The summed E-state index contributed by atoms with van der Waals surface area (Å²) < 4.78 is 31.4. The molecule has 7 heteroatoms. The van der Waals surface area contributed by atoms with Crippen molar-refractivity contribution in [3.05, 3.63) is 64.2 Å². The number of esters is 1. The van der Waals surface area contributed by atoms with Crippen LogP contribution in [0.3, 0.4) is 0 Å². The number of carbonyl (C=O) groups excluding carboxylic acids is 2. The molecule has 0 radical (unpaired) electrons. The number of nitrogens with one attached hydrogen (secondary N) is 1. The number of hydrogen-bond donors (Lipinski definition) is 1. The summed E-state index contributed by atoms with van der Waals surface area (Å²) in [5, 5.41) is 0. The Labute approximate surface area is 159 Å². The monoisotopic (exact) mass is 389 g/mol. The second-order valence-electron chi connectivity index (χ2n) is 6.47. The van der Waals surface area contributed by atoms with Crippen LogP contribution in [-0.2, 0) is 19.6 Å². The van der Waals surface area contributed by atoms with Gasteiger partial charge in [0, 0.05) is 5.56 Å². The van der Waals surface area contributed by atoms with E-state index in [1.807, 2.05) is 33.8 Å². The highest BCUT2D eigenvalue weighted by atomic mass is 32.2. The number of carbonyl (C=O) groups is 2. The van der Waals surface area contributed by atoms with Gasteiger partial charge in [-0.15, -0.1) is 0 Å². The Morgan fingerprint density at radius 3 is 2.15 bits per heavy atom. The molecule has 144 valence electrons. The van der Waals surface area contributed by atoms with Crippen molar-refractivity contribution < 1.29 is 22.7 Å². The highest BCUT2D eigenvalue weighted by molar-refractivity contribution is 7.89. The molecule has 2 aromatic carbocycles. The fourth-order valence-corrected chi connectivity index (χ4v) is 3.46. The predicted molar refractivity (Wildman–Crippen MR) is 102 cm³/mol. The van der Waals surface area contributed by atoms with Crippen LogP contribution in [-0.4, -0.2) is 33.3 Å². The molecule has 0 heterocycles. The van der Waals surface area contributed by atoms with E-state index in [-0.39, 0.29) is 10.7 Å². The molecule has 1 N–H and O–H groups in total. The molecule has 6 nitrogen and oxygen atoms in total. The van der Waals surface area contributed by atoms with Crippen LogP contribution < -0.4 is 4.72 Å². The third kappa shape index (κ3) is 5.48. The maximum atomic E-state index is 12.3. The molecule has 0 unspecified atom stereocenters. The van der Waals surface area contributed by atoms with Crippen molar-refractivity contribution in [1.82, 2.24) is 4.72 Å². The zero-order valence-electron chi connectivity index (χ0n) is 15.8. The van der Waals surface area contributed by atoms with Crippen molar-refractivity contribution in [1.29, 1.82) is 0 Å². The Morgan fingerprint density at radius 1 is 0.926 bits per heavy atom. The van der Waals surface area contributed by atoms with Gasteiger partial charge in [-0.1, -0.05) is 23.8 Å². The Balaban J connectivity index is 1.92. The Hall–Kier alpha value is -2.51. The summed E-state index contributed by atoms with van der Waals surface area (Å²) in [4.78, 5) is 24.1. The molecular weight excluding hydrogens is 366 g/mol. The molecule has 2 aromatic rings. The number of sulfonamides is 1. The van der Waals surface area contributed by atoms with Gasteiger partial charge in [0.25, 0.3) is 0 Å². The summed E-state index contributed by atoms with van der Waals surface area (Å²) in [5.41, 5.74) is 4.27. The van der Waals surface area contributed by atoms with E-state index in [9.17, 15) is 18.0 Å². The highest BCUT2D eigenvalue weighted by Gasteiger charge is 2.17. The van der Waals surface area contributed by atoms with Gasteiger partial charge in [-0.25, -0.2) is 8.42 Å². The van der Waals surface area contributed by atoms with Crippen LogP contribution in [0, 0.1) is 27.7 Å². The molecule has 0 amide bonds. The van der Waals surface area contributed by atoms with E-state index in [4.69, 9.17) is 4.74 Å². The molecule has 0 aromatic heterocycles. The fraction of sp³-hybridized carbons (Fsp3) is 0.300. The normalized spacial score (nSPS) is 11.3. The average Bonchev–Trinajstić information content (AvgIpc) is 2.61. The van der Waals surface area contributed by atoms with E-state index in [1.165, 1.54) is 12.1 Å². The zero-order chi connectivity index (χ0) is 20.2. The van der Waals surface area contributed by atoms with Crippen LogP contribution in [0.4, 0.5) is 0 Å². The molecule has 0 aliphatic heterocycles. The first-order valence-corrected chi connectivity index (χ1v) is 9.91. The number of rotatable bonds is 7.